The van der Waals surface area contributed by atoms with Gasteiger partial charge in [-0.25, -0.2) is 9.59 Å². The zero-order chi connectivity index (χ0) is 20.5. The minimum atomic E-state index is -1.65. The van der Waals surface area contributed by atoms with Crippen LogP contribution in [0.25, 0.3) is 6.08 Å². The van der Waals surface area contributed by atoms with Gasteiger partial charge < -0.3 is 28.8 Å². The number of hydrogen-bond donors (Lipinski definition) is 1. The standard InChI is InChI=1S/C19H20O9/c1-19(2)25-9-13(28-19)16-15(22)17(18(23)27-16)26-14(21)7-5-10-4-6-11(20)12(8-10)24-3/h4-8,13,16-17,20H,9H2,1-3H3/b7-5+. The van der Waals surface area contributed by atoms with Crippen molar-refractivity contribution in [3.63, 3.8) is 0 Å². The van der Waals surface area contributed by atoms with Crippen LogP contribution in [0.2, 0.25) is 0 Å². The Kier molecular flexibility index (Phi) is 5.39. The molecule has 150 valence electrons. The third-order valence-electron chi connectivity index (χ3n) is 4.21. The van der Waals surface area contributed by atoms with Gasteiger partial charge in [0, 0.05) is 6.08 Å². The largest absolute Gasteiger partial charge is 0.504 e. The number of aromatic hydroxyl groups is 1. The van der Waals surface area contributed by atoms with Gasteiger partial charge in [0.1, 0.15) is 6.10 Å². The Morgan fingerprint density at radius 1 is 1.32 bits per heavy atom. The molecule has 0 aliphatic carbocycles. The van der Waals surface area contributed by atoms with Crippen molar-refractivity contribution >= 4 is 23.8 Å². The van der Waals surface area contributed by atoms with Crippen LogP contribution in [-0.2, 0) is 33.3 Å². The number of benzene rings is 1. The molecular weight excluding hydrogens is 372 g/mol. The van der Waals surface area contributed by atoms with E-state index >= 15 is 0 Å². The number of phenols is 1. The summed E-state index contributed by atoms with van der Waals surface area (Å²) in [6.45, 7) is 3.43. The van der Waals surface area contributed by atoms with Crippen molar-refractivity contribution in [3.8, 4) is 11.5 Å². The van der Waals surface area contributed by atoms with Crippen molar-refractivity contribution in [3.05, 3.63) is 29.8 Å². The molecule has 0 amide bonds. The summed E-state index contributed by atoms with van der Waals surface area (Å²) in [4.78, 5) is 36.4. The van der Waals surface area contributed by atoms with Crippen LogP contribution in [0, 0.1) is 0 Å². The number of carbonyl (C=O) groups is 3. The molecular formula is C19H20O9. The first-order valence-corrected chi connectivity index (χ1v) is 8.52. The van der Waals surface area contributed by atoms with Crippen molar-refractivity contribution in [1.82, 2.24) is 0 Å². The maximum atomic E-state index is 12.4. The van der Waals surface area contributed by atoms with Gasteiger partial charge in [0.05, 0.1) is 13.7 Å². The zero-order valence-electron chi connectivity index (χ0n) is 15.5. The van der Waals surface area contributed by atoms with Crippen LogP contribution in [0.4, 0.5) is 0 Å². The van der Waals surface area contributed by atoms with Gasteiger partial charge in [0.15, 0.2) is 23.4 Å². The second kappa shape index (κ2) is 7.61. The molecule has 2 aliphatic rings. The number of ether oxygens (including phenoxy) is 5. The average molecular weight is 392 g/mol. The van der Waals surface area contributed by atoms with E-state index in [0.717, 1.165) is 6.08 Å². The number of methoxy groups -OCH3 is 1. The number of cyclic esters (lactones) is 1. The molecule has 0 saturated carbocycles. The van der Waals surface area contributed by atoms with Gasteiger partial charge in [-0.05, 0) is 37.6 Å². The van der Waals surface area contributed by atoms with Crippen molar-refractivity contribution in [2.75, 3.05) is 13.7 Å². The van der Waals surface area contributed by atoms with Crippen LogP contribution >= 0.6 is 0 Å². The smallest absolute Gasteiger partial charge is 0.356 e. The van der Waals surface area contributed by atoms with Gasteiger partial charge in [-0.3, -0.25) is 4.79 Å². The van der Waals surface area contributed by atoms with Crippen molar-refractivity contribution < 1.29 is 43.2 Å². The molecule has 1 aromatic carbocycles. The zero-order valence-corrected chi connectivity index (χ0v) is 15.5. The fraction of sp³-hybridized carbons (Fsp3) is 0.421. The van der Waals surface area contributed by atoms with E-state index in [-0.39, 0.29) is 18.1 Å². The number of ketones is 1. The Hall–Kier alpha value is -2.91. The Labute approximate surface area is 160 Å². The van der Waals surface area contributed by atoms with E-state index in [1.807, 2.05) is 0 Å². The lowest BCUT2D eigenvalue weighted by Crippen LogP contribution is -2.38. The van der Waals surface area contributed by atoms with Gasteiger partial charge >= 0.3 is 11.9 Å². The lowest BCUT2D eigenvalue weighted by Gasteiger charge is -2.19. The van der Waals surface area contributed by atoms with Gasteiger partial charge in [-0.1, -0.05) is 6.07 Å². The van der Waals surface area contributed by atoms with Crippen LogP contribution < -0.4 is 4.74 Å². The van der Waals surface area contributed by atoms with Gasteiger partial charge in [0.2, 0.25) is 5.78 Å². The molecule has 28 heavy (non-hydrogen) atoms. The summed E-state index contributed by atoms with van der Waals surface area (Å²) in [5.74, 6) is -3.24. The summed E-state index contributed by atoms with van der Waals surface area (Å²) < 4.78 is 25.9. The third kappa shape index (κ3) is 4.15. The molecule has 2 saturated heterocycles. The number of phenolic OH excluding ortho intramolecular Hbond substituents is 1. The molecule has 1 N–H and O–H groups in total. The topological polar surface area (TPSA) is 118 Å². The SMILES string of the molecule is COc1cc(/C=C/C(=O)OC2C(=O)OC(C3COC(C)(C)O3)C2=O)ccc1O. The molecule has 2 aliphatic heterocycles. The van der Waals surface area contributed by atoms with E-state index in [1.165, 1.54) is 25.3 Å². The predicted molar refractivity (Wildman–Crippen MR) is 93.4 cm³/mol. The first kappa shape index (κ1) is 19.8. The highest BCUT2D eigenvalue weighted by atomic mass is 16.8. The molecule has 0 bridgehead atoms. The van der Waals surface area contributed by atoms with Crippen molar-refractivity contribution in [2.24, 2.45) is 0 Å². The minimum Gasteiger partial charge on any atom is -0.504 e. The van der Waals surface area contributed by atoms with Gasteiger partial charge in [0.25, 0.3) is 6.10 Å². The lowest BCUT2D eigenvalue weighted by atomic mass is 10.1. The molecule has 1 aromatic rings. The van der Waals surface area contributed by atoms with Crippen LogP contribution in [0.3, 0.4) is 0 Å². The highest BCUT2D eigenvalue weighted by Crippen LogP contribution is 2.29. The van der Waals surface area contributed by atoms with Crippen molar-refractivity contribution in [1.29, 1.82) is 0 Å². The van der Waals surface area contributed by atoms with E-state index in [2.05, 4.69) is 0 Å². The molecule has 2 heterocycles. The average Bonchev–Trinajstić information content (AvgIpc) is 3.14. The number of Topliss-reactive ketones (excluding diaryl/α,β-unsaturated/α-hetero) is 1. The summed E-state index contributed by atoms with van der Waals surface area (Å²) in [6.07, 6.45) is -1.14. The van der Waals surface area contributed by atoms with E-state index in [1.54, 1.807) is 19.9 Å². The maximum Gasteiger partial charge on any atom is 0.356 e. The Morgan fingerprint density at radius 2 is 2.07 bits per heavy atom. The fourth-order valence-corrected chi connectivity index (χ4v) is 2.86. The summed E-state index contributed by atoms with van der Waals surface area (Å²) in [5.41, 5.74) is 0.545. The van der Waals surface area contributed by atoms with E-state index in [9.17, 15) is 19.5 Å². The quantitative estimate of drug-likeness (QED) is 0.444. The maximum absolute atomic E-state index is 12.4. The molecule has 3 atom stereocenters. The fourth-order valence-electron chi connectivity index (χ4n) is 2.86. The monoisotopic (exact) mass is 392 g/mol. The molecule has 0 aromatic heterocycles. The number of esters is 2. The highest BCUT2D eigenvalue weighted by Gasteiger charge is 2.53. The second-order valence-corrected chi connectivity index (χ2v) is 6.71. The van der Waals surface area contributed by atoms with E-state index < -0.39 is 41.8 Å². The number of hydrogen-bond acceptors (Lipinski definition) is 9. The summed E-state index contributed by atoms with van der Waals surface area (Å²) in [7, 11) is 1.39. The third-order valence-corrected chi connectivity index (χ3v) is 4.21. The van der Waals surface area contributed by atoms with Crippen LogP contribution in [0.5, 0.6) is 11.5 Å². The molecule has 9 nitrogen and oxygen atoms in total. The van der Waals surface area contributed by atoms with E-state index in [0.29, 0.717) is 5.56 Å². The number of rotatable bonds is 5. The molecule has 3 unspecified atom stereocenters. The normalized spacial score (nSPS) is 26.5. The molecule has 0 radical (unpaired) electrons. The number of carbonyl (C=O) groups excluding carboxylic acids is 3. The minimum absolute atomic E-state index is 0.0474. The highest BCUT2D eigenvalue weighted by molar-refractivity contribution is 6.11. The molecule has 9 heteroatoms. The van der Waals surface area contributed by atoms with Crippen molar-refractivity contribution in [2.45, 2.75) is 37.9 Å². The molecule has 2 fully saturated rings. The van der Waals surface area contributed by atoms with Crippen LogP contribution in [0.15, 0.2) is 24.3 Å². The Balaban J connectivity index is 1.62. The van der Waals surface area contributed by atoms with Gasteiger partial charge in [-0.2, -0.15) is 0 Å². The Bertz CT molecular complexity index is 827. The first-order valence-electron chi connectivity index (χ1n) is 8.52. The first-order chi connectivity index (χ1) is 13.2. The van der Waals surface area contributed by atoms with Crippen LogP contribution in [0.1, 0.15) is 19.4 Å². The molecule has 3 rings (SSSR count). The second-order valence-electron chi connectivity index (χ2n) is 6.71. The summed E-state index contributed by atoms with van der Waals surface area (Å²) in [6, 6.07) is 4.45. The summed E-state index contributed by atoms with van der Waals surface area (Å²) >= 11 is 0. The predicted octanol–water partition coefficient (Wildman–Crippen LogP) is 0.972. The lowest BCUT2D eigenvalue weighted by molar-refractivity contribution is -0.165. The summed E-state index contributed by atoms with van der Waals surface area (Å²) in [5, 5.41) is 9.56. The Morgan fingerprint density at radius 3 is 2.71 bits per heavy atom. The van der Waals surface area contributed by atoms with Gasteiger partial charge in [-0.15, -0.1) is 0 Å². The molecule has 0 spiro atoms. The van der Waals surface area contributed by atoms with Crippen LogP contribution in [-0.4, -0.2) is 60.6 Å². The van der Waals surface area contributed by atoms with E-state index in [4.69, 9.17) is 23.7 Å².